The van der Waals surface area contributed by atoms with Crippen LogP contribution in [0.3, 0.4) is 0 Å². The molecule has 0 atom stereocenters. The van der Waals surface area contributed by atoms with Gasteiger partial charge in [0.25, 0.3) is 0 Å². The first-order valence-corrected chi connectivity index (χ1v) is 8.92. The Morgan fingerprint density at radius 2 is 1.88 bits per heavy atom. The lowest BCUT2D eigenvalue weighted by atomic mass is 10.2. The molecule has 0 saturated carbocycles. The quantitative estimate of drug-likeness (QED) is 0.454. The largest absolute Gasteiger partial charge is 0.493 e. The highest BCUT2D eigenvalue weighted by molar-refractivity contribution is 7.87. The number of primary amides is 1. The molecule has 0 aliphatic heterocycles. The molecule has 0 saturated heterocycles. The van der Waals surface area contributed by atoms with Gasteiger partial charge in [0.05, 0.1) is 13.3 Å². The van der Waals surface area contributed by atoms with E-state index in [1.807, 2.05) is 6.07 Å². The Morgan fingerprint density at radius 3 is 2.54 bits per heavy atom. The van der Waals surface area contributed by atoms with E-state index in [0.29, 0.717) is 11.1 Å². The van der Waals surface area contributed by atoms with E-state index in [4.69, 9.17) is 14.7 Å². The second kappa shape index (κ2) is 7.87. The van der Waals surface area contributed by atoms with Crippen LogP contribution in [0.15, 0.2) is 46.4 Å². The number of ether oxygens (including phenoxy) is 1. The van der Waals surface area contributed by atoms with Gasteiger partial charge in [0.1, 0.15) is 4.90 Å². The van der Waals surface area contributed by atoms with Crippen LogP contribution in [0.1, 0.15) is 16.7 Å². The number of hydrogen-bond donors (Lipinski definition) is 2. The summed E-state index contributed by atoms with van der Waals surface area (Å²) < 4.78 is 35.7. The summed E-state index contributed by atoms with van der Waals surface area (Å²) in [7, 11) is -2.64. The molecule has 2 amide bonds. The van der Waals surface area contributed by atoms with Gasteiger partial charge >= 0.3 is 16.1 Å². The number of nitrogens with one attached hydrogen (secondary N) is 1. The summed E-state index contributed by atoms with van der Waals surface area (Å²) in [4.78, 5) is 10.7. The fourth-order valence-electron chi connectivity index (χ4n) is 2.14. The van der Waals surface area contributed by atoms with Crippen LogP contribution in [0.25, 0.3) is 0 Å². The molecule has 0 fully saturated rings. The van der Waals surface area contributed by atoms with Gasteiger partial charge in [0.2, 0.25) is 0 Å². The third kappa shape index (κ3) is 4.73. The van der Waals surface area contributed by atoms with Crippen molar-refractivity contribution >= 4 is 22.4 Å². The smallest absolute Gasteiger partial charge is 0.339 e. The molecular formula is C17H19N3O5S. The van der Waals surface area contributed by atoms with Crippen molar-refractivity contribution in [3.63, 3.8) is 0 Å². The van der Waals surface area contributed by atoms with Crippen LogP contribution >= 0.6 is 0 Å². The lowest BCUT2D eigenvalue weighted by Crippen LogP contribution is -2.24. The van der Waals surface area contributed by atoms with Gasteiger partial charge < -0.3 is 14.7 Å². The van der Waals surface area contributed by atoms with Crippen LogP contribution in [-0.2, 0) is 10.1 Å². The average Bonchev–Trinajstić information content (AvgIpc) is 2.57. The number of nitrogens with zero attached hydrogens (tertiary/aromatic N) is 1. The van der Waals surface area contributed by atoms with Gasteiger partial charge in [-0.05, 0) is 54.8 Å². The summed E-state index contributed by atoms with van der Waals surface area (Å²) in [5, 5.41) is 3.63. The van der Waals surface area contributed by atoms with Crippen molar-refractivity contribution in [3.8, 4) is 11.5 Å². The van der Waals surface area contributed by atoms with E-state index in [1.165, 1.54) is 25.5 Å². The van der Waals surface area contributed by atoms with Crippen molar-refractivity contribution in [2.75, 3.05) is 7.11 Å². The summed E-state index contributed by atoms with van der Waals surface area (Å²) in [6, 6.07) is 8.80. The maximum atomic E-state index is 12.6. The van der Waals surface area contributed by atoms with Crippen molar-refractivity contribution in [3.05, 3.63) is 53.1 Å². The molecule has 0 aliphatic carbocycles. The highest BCUT2D eigenvalue weighted by Gasteiger charge is 2.21. The molecule has 26 heavy (non-hydrogen) atoms. The third-order valence-electron chi connectivity index (χ3n) is 3.39. The maximum absolute atomic E-state index is 12.6. The minimum absolute atomic E-state index is 0.0356. The zero-order valence-electron chi connectivity index (χ0n) is 14.5. The van der Waals surface area contributed by atoms with Gasteiger partial charge in [-0.15, -0.1) is 0 Å². The molecule has 8 nitrogen and oxygen atoms in total. The van der Waals surface area contributed by atoms with E-state index in [-0.39, 0.29) is 16.4 Å². The Kier molecular flexibility index (Phi) is 5.83. The maximum Gasteiger partial charge on any atom is 0.339 e. The summed E-state index contributed by atoms with van der Waals surface area (Å²) in [5.41, 5.74) is 8.90. The summed E-state index contributed by atoms with van der Waals surface area (Å²) >= 11 is 0. The molecule has 0 aromatic heterocycles. The Balaban J connectivity index is 2.32. The highest BCUT2D eigenvalue weighted by Crippen LogP contribution is 2.31. The zero-order valence-corrected chi connectivity index (χ0v) is 15.3. The standard InChI is InChI=1S/C17H19N3O5S/c1-11-4-5-12(2)16(8-11)26(22,23)25-14-7-6-13(9-15(14)24-3)10-19-20-17(18)21/h4-10H,1-3H3,(H3,18,20,21). The van der Waals surface area contributed by atoms with Gasteiger partial charge in [0.15, 0.2) is 11.5 Å². The molecule has 2 aromatic rings. The van der Waals surface area contributed by atoms with Crippen molar-refractivity contribution in [1.29, 1.82) is 0 Å². The predicted octanol–water partition coefficient (Wildman–Crippen LogP) is 2.08. The van der Waals surface area contributed by atoms with Crippen LogP contribution < -0.4 is 20.1 Å². The number of urea groups is 1. The summed E-state index contributed by atoms with van der Waals surface area (Å²) in [6.07, 6.45) is 1.33. The number of nitrogens with two attached hydrogens (primary N) is 1. The van der Waals surface area contributed by atoms with Gasteiger partial charge in [-0.3, -0.25) is 0 Å². The highest BCUT2D eigenvalue weighted by atomic mass is 32.2. The monoisotopic (exact) mass is 377 g/mol. The van der Waals surface area contributed by atoms with Crippen LogP contribution in [0.4, 0.5) is 4.79 Å². The molecule has 0 radical (unpaired) electrons. The van der Waals surface area contributed by atoms with E-state index in [0.717, 1.165) is 5.56 Å². The van der Waals surface area contributed by atoms with Crippen LogP contribution in [0.2, 0.25) is 0 Å². The van der Waals surface area contributed by atoms with Crippen LogP contribution in [-0.4, -0.2) is 27.8 Å². The van der Waals surface area contributed by atoms with Crippen molar-refractivity contribution in [2.24, 2.45) is 10.8 Å². The normalized spacial score (nSPS) is 11.3. The van der Waals surface area contributed by atoms with E-state index < -0.39 is 16.1 Å². The molecule has 0 unspecified atom stereocenters. The molecule has 138 valence electrons. The second-order valence-corrected chi connectivity index (χ2v) is 6.97. The summed E-state index contributed by atoms with van der Waals surface area (Å²) in [5.74, 6) is 0.232. The topological polar surface area (TPSA) is 120 Å². The van der Waals surface area contributed by atoms with E-state index in [2.05, 4.69) is 10.5 Å². The van der Waals surface area contributed by atoms with E-state index >= 15 is 0 Å². The Bertz CT molecular complexity index is 955. The van der Waals surface area contributed by atoms with Crippen LogP contribution in [0.5, 0.6) is 11.5 Å². The molecule has 9 heteroatoms. The van der Waals surface area contributed by atoms with Crippen molar-refractivity contribution in [1.82, 2.24) is 5.43 Å². The molecule has 0 heterocycles. The lowest BCUT2D eigenvalue weighted by Gasteiger charge is -2.13. The number of methoxy groups -OCH3 is 1. The van der Waals surface area contributed by atoms with Gasteiger partial charge in [0, 0.05) is 0 Å². The molecule has 3 N–H and O–H groups in total. The number of amides is 2. The van der Waals surface area contributed by atoms with Crippen molar-refractivity contribution in [2.45, 2.75) is 18.7 Å². The summed E-state index contributed by atoms with van der Waals surface area (Å²) in [6.45, 7) is 3.49. The van der Waals surface area contributed by atoms with Gasteiger partial charge in [-0.2, -0.15) is 13.5 Å². The van der Waals surface area contributed by atoms with Crippen LogP contribution in [0, 0.1) is 13.8 Å². The number of aryl methyl sites for hydroxylation is 2. The Hall–Kier alpha value is -3.07. The number of hydrazone groups is 1. The lowest BCUT2D eigenvalue weighted by molar-refractivity contribution is 0.249. The number of hydrogen-bond acceptors (Lipinski definition) is 6. The van der Waals surface area contributed by atoms with E-state index in [1.54, 1.807) is 32.0 Å². The minimum atomic E-state index is -4.03. The number of rotatable bonds is 6. The Morgan fingerprint density at radius 1 is 1.15 bits per heavy atom. The Labute approximate surface area is 151 Å². The van der Waals surface area contributed by atoms with Gasteiger partial charge in [-0.1, -0.05) is 12.1 Å². The first-order chi connectivity index (χ1) is 12.2. The average molecular weight is 377 g/mol. The SMILES string of the molecule is COc1cc(C=NNC(N)=O)ccc1OS(=O)(=O)c1cc(C)ccc1C. The van der Waals surface area contributed by atoms with Crippen molar-refractivity contribution < 1.29 is 22.1 Å². The molecular weight excluding hydrogens is 358 g/mol. The molecule has 2 rings (SSSR count). The molecule has 0 bridgehead atoms. The number of benzene rings is 2. The minimum Gasteiger partial charge on any atom is -0.493 e. The fourth-order valence-corrected chi connectivity index (χ4v) is 3.40. The van der Waals surface area contributed by atoms with E-state index in [9.17, 15) is 13.2 Å². The molecule has 0 aliphatic rings. The predicted molar refractivity (Wildman–Crippen MR) is 97.0 cm³/mol. The number of carbonyl (C=O) groups excluding carboxylic acids is 1. The fraction of sp³-hybridized carbons (Fsp3) is 0.176. The second-order valence-electron chi connectivity index (χ2n) is 5.45. The first kappa shape index (κ1) is 19.3. The number of carbonyl (C=O) groups is 1. The van der Waals surface area contributed by atoms with Gasteiger partial charge in [-0.25, -0.2) is 10.2 Å². The molecule has 2 aromatic carbocycles. The third-order valence-corrected chi connectivity index (χ3v) is 4.77. The first-order valence-electron chi connectivity index (χ1n) is 7.51. The zero-order chi connectivity index (χ0) is 19.3. The molecule has 0 spiro atoms.